The van der Waals surface area contributed by atoms with Crippen molar-refractivity contribution in [1.82, 2.24) is 10.2 Å². The molecule has 1 fully saturated rings. The lowest BCUT2D eigenvalue weighted by molar-refractivity contribution is -0.0405. The fraction of sp³-hybridized carbons (Fsp3) is 0.917. The first-order valence-corrected chi connectivity index (χ1v) is 5.88. The molecule has 94 valence electrons. The van der Waals surface area contributed by atoms with Crippen LogP contribution >= 0.6 is 0 Å². The number of ether oxygens (including phenoxy) is 1. The average Bonchev–Trinajstić information content (AvgIpc) is 2.15. The first kappa shape index (κ1) is 13.3. The van der Waals surface area contributed by atoms with E-state index in [-0.39, 0.29) is 17.2 Å². The van der Waals surface area contributed by atoms with E-state index in [0.717, 1.165) is 19.4 Å². The quantitative estimate of drug-likeness (QED) is 0.745. The summed E-state index contributed by atoms with van der Waals surface area (Å²) in [6.45, 7) is 9.52. The number of methoxy groups -OCH3 is 1. The van der Waals surface area contributed by atoms with Crippen molar-refractivity contribution in [3.05, 3.63) is 0 Å². The molecular formula is C12H24N2O2. The second-order valence-electron chi connectivity index (χ2n) is 5.86. The maximum Gasteiger partial charge on any atom is 0.317 e. The van der Waals surface area contributed by atoms with Gasteiger partial charge in [0.2, 0.25) is 0 Å². The lowest BCUT2D eigenvalue weighted by atomic mass is 9.95. The maximum atomic E-state index is 12.0. The van der Waals surface area contributed by atoms with E-state index in [0.29, 0.717) is 6.54 Å². The van der Waals surface area contributed by atoms with E-state index in [2.05, 4.69) is 12.2 Å². The fourth-order valence-corrected chi connectivity index (χ4v) is 1.95. The molecule has 4 heteroatoms. The second kappa shape index (κ2) is 4.62. The molecule has 0 aromatic rings. The standard InChI is InChI=1S/C12H24N2O2/c1-11(2,3)13-10(15)14-8-6-7-12(4,9-14)16-5/h6-9H2,1-5H3,(H,13,15). The zero-order valence-corrected chi connectivity index (χ0v) is 11.1. The van der Waals surface area contributed by atoms with Gasteiger partial charge in [0.1, 0.15) is 0 Å². The van der Waals surface area contributed by atoms with Gasteiger partial charge in [-0.3, -0.25) is 0 Å². The summed E-state index contributed by atoms with van der Waals surface area (Å²) in [5.74, 6) is 0. The van der Waals surface area contributed by atoms with E-state index < -0.39 is 0 Å². The minimum atomic E-state index is -0.187. The smallest absolute Gasteiger partial charge is 0.317 e. The number of nitrogens with zero attached hydrogens (tertiary/aromatic N) is 1. The van der Waals surface area contributed by atoms with Crippen molar-refractivity contribution >= 4 is 6.03 Å². The molecule has 0 saturated carbocycles. The Morgan fingerprint density at radius 2 is 2.06 bits per heavy atom. The van der Waals surface area contributed by atoms with Crippen LogP contribution in [0.25, 0.3) is 0 Å². The summed E-state index contributed by atoms with van der Waals surface area (Å²) >= 11 is 0. The van der Waals surface area contributed by atoms with Crippen LogP contribution < -0.4 is 5.32 Å². The van der Waals surface area contributed by atoms with Crippen LogP contribution in [0.4, 0.5) is 4.79 Å². The highest BCUT2D eigenvalue weighted by atomic mass is 16.5. The highest BCUT2D eigenvalue weighted by Crippen LogP contribution is 2.23. The molecule has 0 spiro atoms. The van der Waals surface area contributed by atoms with Crippen LogP contribution in [0.5, 0.6) is 0 Å². The van der Waals surface area contributed by atoms with Crippen LogP contribution in [0.2, 0.25) is 0 Å². The summed E-state index contributed by atoms with van der Waals surface area (Å²) in [7, 11) is 1.71. The lowest BCUT2D eigenvalue weighted by Crippen LogP contribution is -2.55. The highest BCUT2D eigenvalue weighted by molar-refractivity contribution is 5.75. The molecular weight excluding hydrogens is 204 g/mol. The second-order valence-corrected chi connectivity index (χ2v) is 5.86. The summed E-state index contributed by atoms with van der Waals surface area (Å²) in [5.41, 5.74) is -0.370. The van der Waals surface area contributed by atoms with Gasteiger partial charge in [-0.1, -0.05) is 0 Å². The Balaban J connectivity index is 2.57. The summed E-state index contributed by atoms with van der Waals surface area (Å²) in [6, 6.07) is 0.00970. The van der Waals surface area contributed by atoms with Crippen LogP contribution in [0, 0.1) is 0 Å². The molecule has 1 aliphatic heterocycles. The molecule has 1 saturated heterocycles. The SMILES string of the molecule is COC1(C)CCCN(C(=O)NC(C)(C)C)C1. The minimum absolute atomic E-state index is 0.00970. The third kappa shape index (κ3) is 3.67. The highest BCUT2D eigenvalue weighted by Gasteiger charge is 2.33. The minimum Gasteiger partial charge on any atom is -0.377 e. The van der Waals surface area contributed by atoms with Crippen molar-refractivity contribution in [1.29, 1.82) is 0 Å². The molecule has 1 heterocycles. The van der Waals surface area contributed by atoms with Gasteiger partial charge in [0.15, 0.2) is 0 Å². The Labute approximate surface area is 98.3 Å². The largest absolute Gasteiger partial charge is 0.377 e. The molecule has 1 aliphatic rings. The Morgan fingerprint density at radius 3 is 2.56 bits per heavy atom. The van der Waals surface area contributed by atoms with E-state index in [1.54, 1.807) is 7.11 Å². The summed E-state index contributed by atoms with van der Waals surface area (Å²) in [5, 5.41) is 2.98. The van der Waals surface area contributed by atoms with E-state index >= 15 is 0 Å². The van der Waals surface area contributed by atoms with E-state index in [9.17, 15) is 4.79 Å². The van der Waals surface area contributed by atoms with E-state index in [1.807, 2.05) is 25.7 Å². The maximum absolute atomic E-state index is 12.0. The number of hydrogen-bond acceptors (Lipinski definition) is 2. The molecule has 1 N–H and O–H groups in total. The van der Waals surface area contributed by atoms with Crippen molar-refractivity contribution in [3.63, 3.8) is 0 Å². The molecule has 0 aliphatic carbocycles. The van der Waals surface area contributed by atoms with Crippen molar-refractivity contribution in [2.75, 3.05) is 20.2 Å². The van der Waals surface area contributed by atoms with Crippen molar-refractivity contribution < 1.29 is 9.53 Å². The van der Waals surface area contributed by atoms with Gasteiger partial charge in [0.25, 0.3) is 0 Å². The molecule has 0 bridgehead atoms. The van der Waals surface area contributed by atoms with Crippen LogP contribution in [0.15, 0.2) is 0 Å². The number of carbonyl (C=O) groups is 1. The Kier molecular flexibility index (Phi) is 3.84. The predicted molar refractivity (Wildman–Crippen MR) is 64.5 cm³/mol. The average molecular weight is 228 g/mol. The Morgan fingerprint density at radius 1 is 1.44 bits per heavy atom. The Hall–Kier alpha value is -0.770. The van der Waals surface area contributed by atoms with Gasteiger partial charge in [0, 0.05) is 19.2 Å². The molecule has 0 aromatic carbocycles. The Bertz CT molecular complexity index is 260. The van der Waals surface area contributed by atoms with Gasteiger partial charge in [-0.15, -0.1) is 0 Å². The molecule has 2 amide bonds. The zero-order chi connectivity index (χ0) is 12.4. The third-order valence-electron chi connectivity index (χ3n) is 2.92. The molecule has 1 unspecified atom stereocenters. The monoisotopic (exact) mass is 228 g/mol. The van der Waals surface area contributed by atoms with Gasteiger partial charge >= 0.3 is 6.03 Å². The fourth-order valence-electron chi connectivity index (χ4n) is 1.95. The van der Waals surface area contributed by atoms with Crippen molar-refractivity contribution in [3.8, 4) is 0 Å². The lowest BCUT2D eigenvalue weighted by Gasteiger charge is -2.40. The van der Waals surface area contributed by atoms with Crippen LogP contribution in [0.3, 0.4) is 0 Å². The van der Waals surface area contributed by atoms with Gasteiger partial charge in [0.05, 0.1) is 12.1 Å². The van der Waals surface area contributed by atoms with Gasteiger partial charge < -0.3 is 15.0 Å². The number of carbonyl (C=O) groups excluding carboxylic acids is 1. The predicted octanol–water partition coefficient (Wildman–Crippen LogP) is 2.00. The molecule has 0 aromatic heterocycles. The van der Waals surface area contributed by atoms with Crippen LogP contribution in [-0.2, 0) is 4.74 Å². The van der Waals surface area contributed by atoms with Gasteiger partial charge in [-0.2, -0.15) is 0 Å². The number of urea groups is 1. The molecule has 0 radical (unpaired) electrons. The van der Waals surface area contributed by atoms with Gasteiger partial charge in [-0.25, -0.2) is 4.79 Å². The first-order chi connectivity index (χ1) is 7.26. The van der Waals surface area contributed by atoms with Gasteiger partial charge in [-0.05, 0) is 40.5 Å². The molecule has 4 nitrogen and oxygen atoms in total. The summed E-state index contributed by atoms with van der Waals surface area (Å²) in [4.78, 5) is 13.8. The first-order valence-electron chi connectivity index (χ1n) is 5.88. The number of nitrogens with one attached hydrogen (secondary N) is 1. The van der Waals surface area contributed by atoms with E-state index in [1.165, 1.54) is 0 Å². The van der Waals surface area contributed by atoms with Crippen molar-refractivity contribution in [2.24, 2.45) is 0 Å². The third-order valence-corrected chi connectivity index (χ3v) is 2.92. The van der Waals surface area contributed by atoms with Crippen LogP contribution in [0.1, 0.15) is 40.5 Å². The normalized spacial score (nSPS) is 26.7. The number of hydrogen-bond donors (Lipinski definition) is 1. The summed E-state index contributed by atoms with van der Waals surface area (Å²) < 4.78 is 5.47. The van der Waals surface area contributed by atoms with Crippen LogP contribution in [-0.4, -0.2) is 42.3 Å². The molecule has 1 atom stereocenters. The number of likely N-dealkylation sites (tertiary alicyclic amines) is 1. The van der Waals surface area contributed by atoms with Crippen molar-refractivity contribution in [2.45, 2.75) is 51.7 Å². The molecule has 16 heavy (non-hydrogen) atoms. The zero-order valence-electron chi connectivity index (χ0n) is 11.1. The number of piperidine rings is 1. The summed E-state index contributed by atoms with van der Waals surface area (Å²) in [6.07, 6.45) is 2.02. The van der Waals surface area contributed by atoms with E-state index in [4.69, 9.17) is 4.74 Å². The number of rotatable bonds is 1. The number of amides is 2. The topological polar surface area (TPSA) is 41.6 Å². The molecule has 1 rings (SSSR count).